The van der Waals surface area contributed by atoms with Crippen molar-refractivity contribution in [2.45, 2.75) is 25.5 Å². The van der Waals surface area contributed by atoms with E-state index in [-0.39, 0.29) is 11.6 Å². The third-order valence-corrected chi connectivity index (χ3v) is 3.93. The zero-order chi connectivity index (χ0) is 15.0. The minimum atomic E-state index is -0.626. The topological polar surface area (TPSA) is 21.3 Å². The van der Waals surface area contributed by atoms with Gasteiger partial charge in [0.05, 0.1) is 5.56 Å². The van der Waals surface area contributed by atoms with E-state index < -0.39 is 17.7 Å². The number of hydrogen-bond acceptors (Lipinski definition) is 2. The van der Waals surface area contributed by atoms with Crippen LogP contribution in [-0.4, -0.2) is 7.05 Å². The Bertz CT molecular complexity index is 652. The lowest BCUT2D eigenvalue weighted by Crippen LogP contribution is -2.27. The lowest BCUT2D eigenvalue weighted by molar-refractivity contribution is 0.145. The van der Waals surface area contributed by atoms with Crippen LogP contribution in [0.2, 0.25) is 0 Å². The molecule has 2 aromatic carbocycles. The summed E-state index contributed by atoms with van der Waals surface area (Å²) in [5.74, 6) is -0.449. The number of halogens is 2. The number of benzene rings is 2. The summed E-state index contributed by atoms with van der Waals surface area (Å²) in [5.41, 5.74) is 2.17. The van der Waals surface area contributed by atoms with Crippen LogP contribution in [-0.2, 0) is 0 Å². The van der Waals surface area contributed by atoms with Crippen LogP contribution in [0.5, 0.6) is 5.75 Å². The normalized spacial score (nSPS) is 20.8. The van der Waals surface area contributed by atoms with Crippen LogP contribution >= 0.6 is 0 Å². The summed E-state index contributed by atoms with van der Waals surface area (Å²) in [4.78, 5) is 0. The zero-order valence-corrected chi connectivity index (χ0v) is 12.0. The Hall–Kier alpha value is -1.94. The molecule has 3 rings (SSSR count). The summed E-state index contributed by atoms with van der Waals surface area (Å²) in [6.45, 7) is 2.01. The Morgan fingerprint density at radius 3 is 2.52 bits per heavy atom. The summed E-state index contributed by atoms with van der Waals surface area (Å²) in [5, 5.41) is 3.20. The van der Waals surface area contributed by atoms with Crippen molar-refractivity contribution >= 4 is 0 Å². The fraction of sp³-hybridized carbons (Fsp3) is 0.294. The zero-order valence-electron chi connectivity index (χ0n) is 12.0. The molecule has 0 aromatic heterocycles. The first-order valence-electron chi connectivity index (χ1n) is 6.98. The Labute approximate surface area is 122 Å². The molecule has 0 fully saturated rings. The highest BCUT2D eigenvalue weighted by Gasteiger charge is 2.31. The molecule has 0 saturated heterocycles. The fourth-order valence-electron chi connectivity index (χ4n) is 2.86. The van der Waals surface area contributed by atoms with Crippen LogP contribution in [0, 0.1) is 18.6 Å². The lowest BCUT2D eigenvalue weighted by atomic mass is 9.91. The predicted octanol–water partition coefficient (Wildman–Crippen LogP) is 4.06. The molecule has 1 heterocycles. The molecule has 0 radical (unpaired) electrons. The molecule has 2 atom stereocenters. The van der Waals surface area contributed by atoms with Crippen molar-refractivity contribution in [3.8, 4) is 5.75 Å². The molecule has 1 aliphatic heterocycles. The summed E-state index contributed by atoms with van der Waals surface area (Å²) in [6.07, 6.45) is -0.135. The van der Waals surface area contributed by atoms with Crippen LogP contribution < -0.4 is 10.1 Å². The van der Waals surface area contributed by atoms with Crippen molar-refractivity contribution in [1.82, 2.24) is 5.32 Å². The van der Waals surface area contributed by atoms with Crippen LogP contribution in [0.1, 0.15) is 35.3 Å². The maximum absolute atomic E-state index is 14.0. The Morgan fingerprint density at radius 1 is 1.14 bits per heavy atom. The molecule has 2 aromatic rings. The first-order valence-corrected chi connectivity index (χ1v) is 6.98. The molecule has 0 spiro atoms. The van der Waals surface area contributed by atoms with Gasteiger partial charge >= 0.3 is 0 Å². The van der Waals surface area contributed by atoms with Gasteiger partial charge in [-0.05, 0) is 32.2 Å². The van der Waals surface area contributed by atoms with E-state index >= 15 is 0 Å². The van der Waals surface area contributed by atoms with Gasteiger partial charge in [0.1, 0.15) is 23.5 Å². The number of hydrogen-bond donors (Lipinski definition) is 1. The van der Waals surface area contributed by atoms with E-state index in [1.54, 1.807) is 0 Å². The van der Waals surface area contributed by atoms with Crippen molar-refractivity contribution in [2.75, 3.05) is 7.05 Å². The average molecular weight is 289 g/mol. The summed E-state index contributed by atoms with van der Waals surface area (Å²) in [6, 6.07) is 9.75. The summed E-state index contributed by atoms with van der Waals surface area (Å²) < 4.78 is 33.8. The maximum atomic E-state index is 14.0. The monoisotopic (exact) mass is 289 g/mol. The average Bonchev–Trinajstić information content (AvgIpc) is 2.46. The van der Waals surface area contributed by atoms with Crippen LogP contribution in [0.25, 0.3) is 0 Å². The molecule has 0 saturated carbocycles. The fourth-order valence-corrected chi connectivity index (χ4v) is 2.86. The van der Waals surface area contributed by atoms with Crippen molar-refractivity contribution in [3.63, 3.8) is 0 Å². The quantitative estimate of drug-likeness (QED) is 0.900. The van der Waals surface area contributed by atoms with E-state index in [1.807, 2.05) is 32.2 Å². The smallest absolute Gasteiger partial charge is 0.133 e. The molecule has 0 bridgehead atoms. The van der Waals surface area contributed by atoms with Gasteiger partial charge in [-0.15, -0.1) is 0 Å². The van der Waals surface area contributed by atoms with Crippen LogP contribution in [0.3, 0.4) is 0 Å². The Balaban J connectivity index is 2.03. The van der Waals surface area contributed by atoms with Gasteiger partial charge in [0.15, 0.2) is 0 Å². The highest BCUT2D eigenvalue weighted by molar-refractivity contribution is 5.42. The number of nitrogens with one attached hydrogen (secondary N) is 1. The van der Waals surface area contributed by atoms with Crippen molar-refractivity contribution < 1.29 is 13.5 Å². The van der Waals surface area contributed by atoms with Gasteiger partial charge in [-0.3, -0.25) is 0 Å². The second-order valence-electron chi connectivity index (χ2n) is 5.36. The largest absolute Gasteiger partial charge is 0.485 e. The Morgan fingerprint density at radius 2 is 1.86 bits per heavy atom. The van der Waals surface area contributed by atoms with Crippen molar-refractivity contribution in [3.05, 3.63) is 64.7 Å². The standard InChI is InChI=1S/C17H17F2NO/c1-10-6-7-15-11(8-10)14(20-2)9-16(21-15)17-12(18)4-3-5-13(17)19/h3-8,14,16,20H,9H2,1-2H3. The molecule has 2 nitrogen and oxygen atoms in total. The van der Waals surface area contributed by atoms with Gasteiger partial charge in [-0.1, -0.05) is 23.8 Å². The molecular formula is C17H17F2NO. The van der Waals surface area contributed by atoms with Gasteiger partial charge < -0.3 is 10.1 Å². The number of aryl methyl sites for hydroxylation is 1. The SMILES string of the molecule is CNC1CC(c2c(F)cccc2F)Oc2ccc(C)cc21. The molecule has 1 aliphatic rings. The van der Waals surface area contributed by atoms with Crippen molar-refractivity contribution in [1.29, 1.82) is 0 Å². The van der Waals surface area contributed by atoms with Gasteiger partial charge in [0, 0.05) is 18.0 Å². The molecule has 4 heteroatoms. The van der Waals surface area contributed by atoms with E-state index in [1.165, 1.54) is 18.2 Å². The van der Waals surface area contributed by atoms with Gasteiger partial charge in [0.25, 0.3) is 0 Å². The molecule has 21 heavy (non-hydrogen) atoms. The first kappa shape index (κ1) is 14.0. The van der Waals surface area contributed by atoms with Gasteiger partial charge in [-0.2, -0.15) is 0 Å². The third-order valence-electron chi connectivity index (χ3n) is 3.93. The maximum Gasteiger partial charge on any atom is 0.133 e. The van der Waals surface area contributed by atoms with E-state index in [4.69, 9.17) is 4.74 Å². The van der Waals surface area contributed by atoms with Crippen LogP contribution in [0.4, 0.5) is 8.78 Å². The molecular weight excluding hydrogens is 272 g/mol. The van der Waals surface area contributed by atoms with Gasteiger partial charge in [-0.25, -0.2) is 8.78 Å². The molecule has 2 unspecified atom stereocenters. The van der Waals surface area contributed by atoms with E-state index in [0.29, 0.717) is 12.2 Å². The summed E-state index contributed by atoms with van der Waals surface area (Å²) >= 11 is 0. The Kier molecular flexibility index (Phi) is 3.64. The molecule has 0 aliphatic carbocycles. The second-order valence-corrected chi connectivity index (χ2v) is 5.36. The van der Waals surface area contributed by atoms with Crippen LogP contribution in [0.15, 0.2) is 36.4 Å². The number of ether oxygens (including phenoxy) is 1. The number of fused-ring (bicyclic) bond motifs is 1. The summed E-state index contributed by atoms with van der Waals surface area (Å²) in [7, 11) is 1.84. The predicted molar refractivity (Wildman–Crippen MR) is 77.3 cm³/mol. The van der Waals surface area contributed by atoms with E-state index in [2.05, 4.69) is 5.32 Å². The van der Waals surface area contributed by atoms with Crippen molar-refractivity contribution in [2.24, 2.45) is 0 Å². The molecule has 0 amide bonds. The van der Waals surface area contributed by atoms with Gasteiger partial charge in [0.2, 0.25) is 0 Å². The minimum absolute atomic E-state index is 0.00368. The van der Waals surface area contributed by atoms with E-state index in [9.17, 15) is 8.78 Å². The second kappa shape index (κ2) is 5.45. The minimum Gasteiger partial charge on any atom is -0.485 e. The lowest BCUT2D eigenvalue weighted by Gasteiger charge is -2.32. The molecule has 110 valence electrons. The number of rotatable bonds is 2. The van der Waals surface area contributed by atoms with E-state index in [0.717, 1.165) is 11.1 Å². The highest BCUT2D eigenvalue weighted by Crippen LogP contribution is 2.42. The third kappa shape index (κ3) is 2.51. The first-order chi connectivity index (χ1) is 10.1. The molecule has 1 N–H and O–H groups in total. The highest BCUT2D eigenvalue weighted by atomic mass is 19.1.